The first kappa shape index (κ1) is 26.0. The number of allylic oxidation sites excluding steroid dienone is 1. The van der Waals surface area contributed by atoms with Crippen LogP contribution in [0.15, 0.2) is 86.7 Å². The van der Waals surface area contributed by atoms with Crippen LogP contribution >= 0.6 is 0 Å². The van der Waals surface area contributed by atoms with Crippen LogP contribution in [0, 0.1) is 36.5 Å². The average Bonchev–Trinajstić information content (AvgIpc) is 2.90. The summed E-state index contributed by atoms with van der Waals surface area (Å²) in [6, 6.07) is 22.4. The lowest BCUT2D eigenvalue weighted by atomic mass is 10.1. The van der Waals surface area contributed by atoms with Crippen molar-refractivity contribution in [3.63, 3.8) is 0 Å². The Labute approximate surface area is 211 Å². The maximum Gasteiger partial charge on any atom is 0.130 e. The molecule has 36 heavy (non-hydrogen) atoms. The number of likely N-dealkylation sites (N-methyl/N-ethyl adjacent to an activating group) is 1. The smallest absolute Gasteiger partial charge is 0.130 e. The van der Waals surface area contributed by atoms with Crippen LogP contribution < -0.4 is 4.90 Å². The number of aliphatic hydroxyl groups is 1. The predicted octanol–water partition coefficient (Wildman–Crippen LogP) is 7.38. The molecule has 3 rings (SSSR count). The van der Waals surface area contributed by atoms with Crippen LogP contribution in [0.1, 0.15) is 23.6 Å². The summed E-state index contributed by atoms with van der Waals surface area (Å²) in [6.45, 7) is 7.48. The molecular formula is C28H27N7O. The van der Waals surface area contributed by atoms with Gasteiger partial charge in [0, 0.05) is 18.8 Å². The number of nitrogens with zero attached hydrogens (tertiary/aromatic N) is 7. The van der Waals surface area contributed by atoms with Gasteiger partial charge >= 0.3 is 0 Å². The zero-order valence-corrected chi connectivity index (χ0v) is 20.5. The van der Waals surface area contributed by atoms with Gasteiger partial charge in [0.25, 0.3) is 0 Å². The molecule has 0 unspecified atom stereocenters. The van der Waals surface area contributed by atoms with Crippen molar-refractivity contribution in [2.45, 2.75) is 20.8 Å². The maximum absolute atomic E-state index is 9.19. The molecule has 0 saturated heterocycles. The third kappa shape index (κ3) is 6.92. The zero-order chi connectivity index (χ0) is 25.9. The number of benzene rings is 3. The molecule has 0 radical (unpaired) electrons. The monoisotopic (exact) mass is 477 g/mol. The third-order valence-electron chi connectivity index (χ3n) is 5.43. The lowest BCUT2D eigenvalue weighted by Crippen LogP contribution is -2.25. The summed E-state index contributed by atoms with van der Waals surface area (Å²) in [6.07, 6.45) is 1.52. The number of aliphatic hydroxyl groups excluding tert-OH is 1. The number of azo groups is 2. The van der Waals surface area contributed by atoms with Gasteiger partial charge in [-0.1, -0.05) is 12.1 Å². The van der Waals surface area contributed by atoms with E-state index in [1.54, 1.807) is 24.3 Å². The van der Waals surface area contributed by atoms with Crippen LogP contribution in [-0.4, -0.2) is 24.8 Å². The number of hydrogen-bond donors (Lipinski definition) is 1. The number of anilines is 1. The molecule has 3 aromatic carbocycles. The number of aryl methyl sites for hydroxylation is 2. The lowest BCUT2D eigenvalue weighted by molar-refractivity contribution is 0.302. The van der Waals surface area contributed by atoms with Crippen molar-refractivity contribution in [1.29, 1.82) is 10.5 Å². The molecular weight excluding hydrogens is 450 g/mol. The van der Waals surface area contributed by atoms with E-state index >= 15 is 0 Å². The van der Waals surface area contributed by atoms with Crippen molar-refractivity contribution in [2.24, 2.45) is 20.5 Å². The van der Waals surface area contributed by atoms with E-state index in [1.165, 1.54) is 6.08 Å². The molecule has 8 nitrogen and oxygen atoms in total. The highest BCUT2D eigenvalue weighted by Crippen LogP contribution is 2.31. The van der Waals surface area contributed by atoms with Gasteiger partial charge in [-0.05, 0) is 92.1 Å². The van der Waals surface area contributed by atoms with Gasteiger partial charge in [0.15, 0.2) is 0 Å². The minimum absolute atomic E-state index is 0.0473. The van der Waals surface area contributed by atoms with Crippen LogP contribution in [0.2, 0.25) is 0 Å². The second kappa shape index (κ2) is 12.7. The normalized spacial score (nSPS) is 10.8. The summed E-state index contributed by atoms with van der Waals surface area (Å²) in [5, 5.41) is 44.4. The van der Waals surface area contributed by atoms with Crippen LogP contribution in [0.5, 0.6) is 0 Å². The SMILES string of the molecule is CCN(CCO)c1ccc(N=Nc2cc(C)c(N=Nc3ccc(C=C(C#N)C#N)cc3)c(C)c2)cc1. The Bertz CT molecular complexity index is 1320. The molecule has 1 N–H and O–H groups in total. The van der Waals surface area contributed by atoms with E-state index in [-0.39, 0.29) is 12.2 Å². The quantitative estimate of drug-likeness (QED) is 0.255. The Morgan fingerprint density at radius 1 is 0.833 bits per heavy atom. The minimum atomic E-state index is 0.0473. The van der Waals surface area contributed by atoms with E-state index in [9.17, 15) is 5.11 Å². The first-order valence-corrected chi connectivity index (χ1v) is 11.5. The number of hydrogen-bond acceptors (Lipinski definition) is 8. The Morgan fingerprint density at radius 2 is 1.36 bits per heavy atom. The van der Waals surface area contributed by atoms with E-state index < -0.39 is 0 Å². The predicted molar refractivity (Wildman–Crippen MR) is 141 cm³/mol. The van der Waals surface area contributed by atoms with Gasteiger partial charge in [0.1, 0.15) is 17.7 Å². The fourth-order valence-electron chi connectivity index (χ4n) is 3.59. The fourth-order valence-corrected chi connectivity index (χ4v) is 3.59. The first-order valence-electron chi connectivity index (χ1n) is 11.5. The molecule has 0 atom stereocenters. The highest BCUT2D eigenvalue weighted by Gasteiger charge is 2.06. The molecule has 0 aromatic heterocycles. The van der Waals surface area contributed by atoms with Crippen molar-refractivity contribution in [3.05, 3.63) is 82.9 Å². The minimum Gasteiger partial charge on any atom is -0.395 e. The van der Waals surface area contributed by atoms with Crippen molar-refractivity contribution in [2.75, 3.05) is 24.6 Å². The van der Waals surface area contributed by atoms with E-state index in [2.05, 4.69) is 32.3 Å². The molecule has 0 saturated carbocycles. The maximum atomic E-state index is 9.19. The molecule has 8 heteroatoms. The molecule has 0 heterocycles. The Morgan fingerprint density at radius 3 is 1.89 bits per heavy atom. The summed E-state index contributed by atoms with van der Waals surface area (Å²) in [5.74, 6) is 0. The van der Waals surface area contributed by atoms with Gasteiger partial charge in [-0.2, -0.15) is 31.0 Å². The molecule has 0 bridgehead atoms. The largest absolute Gasteiger partial charge is 0.395 e. The van der Waals surface area contributed by atoms with Crippen LogP contribution in [0.4, 0.5) is 28.4 Å². The van der Waals surface area contributed by atoms with Gasteiger partial charge in [-0.25, -0.2) is 0 Å². The van der Waals surface area contributed by atoms with Crippen LogP contribution in [-0.2, 0) is 0 Å². The third-order valence-corrected chi connectivity index (χ3v) is 5.43. The van der Waals surface area contributed by atoms with Gasteiger partial charge in [0.2, 0.25) is 0 Å². The summed E-state index contributed by atoms with van der Waals surface area (Å²) in [4.78, 5) is 2.09. The molecule has 0 spiro atoms. The van der Waals surface area contributed by atoms with Crippen molar-refractivity contribution in [3.8, 4) is 12.1 Å². The standard InChI is InChI=1S/C28H27N7O/c1-4-35(13-14-36)27-11-9-25(10-12-27)31-33-26-15-20(2)28(21(3)16-26)34-32-24-7-5-22(6-8-24)17-23(18-29)19-30/h5-12,15-17,36H,4,13-14H2,1-3H3. The molecule has 0 aliphatic rings. The van der Waals surface area contributed by atoms with E-state index in [1.807, 2.05) is 62.4 Å². The Kier molecular flexibility index (Phi) is 9.16. The zero-order valence-electron chi connectivity index (χ0n) is 20.5. The van der Waals surface area contributed by atoms with Gasteiger partial charge < -0.3 is 10.0 Å². The average molecular weight is 478 g/mol. The van der Waals surface area contributed by atoms with Crippen molar-refractivity contribution in [1.82, 2.24) is 0 Å². The molecule has 0 aliphatic heterocycles. The molecule has 0 fully saturated rings. The summed E-state index contributed by atoms with van der Waals surface area (Å²) in [7, 11) is 0. The molecule has 0 amide bonds. The van der Waals surface area contributed by atoms with E-state index in [4.69, 9.17) is 10.5 Å². The topological polar surface area (TPSA) is 120 Å². The number of rotatable bonds is 9. The van der Waals surface area contributed by atoms with Gasteiger partial charge in [0.05, 0.1) is 29.4 Å². The summed E-state index contributed by atoms with van der Waals surface area (Å²) in [5.41, 5.74) is 6.58. The van der Waals surface area contributed by atoms with E-state index in [0.717, 1.165) is 46.0 Å². The lowest BCUT2D eigenvalue weighted by Gasteiger charge is -2.21. The molecule has 180 valence electrons. The van der Waals surface area contributed by atoms with E-state index in [0.29, 0.717) is 12.2 Å². The van der Waals surface area contributed by atoms with Gasteiger partial charge in [-0.3, -0.25) is 0 Å². The number of nitriles is 2. The molecule has 0 aliphatic carbocycles. The Balaban J connectivity index is 1.72. The summed E-state index contributed by atoms with van der Waals surface area (Å²) < 4.78 is 0. The van der Waals surface area contributed by atoms with Crippen LogP contribution in [0.3, 0.4) is 0 Å². The second-order valence-electron chi connectivity index (χ2n) is 8.02. The van der Waals surface area contributed by atoms with Crippen molar-refractivity contribution < 1.29 is 5.11 Å². The Hall–Kier alpha value is -4.66. The highest BCUT2D eigenvalue weighted by atomic mass is 16.3. The van der Waals surface area contributed by atoms with Gasteiger partial charge in [-0.15, -0.1) is 0 Å². The first-order chi connectivity index (χ1) is 17.5. The summed E-state index contributed by atoms with van der Waals surface area (Å²) >= 11 is 0. The second-order valence-corrected chi connectivity index (χ2v) is 8.02. The highest BCUT2D eigenvalue weighted by molar-refractivity contribution is 5.63. The fraction of sp³-hybridized carbons (Fsp3) is 0.214. The molecule has 3 aromatic rings. The van der Waals surface area contributed by atoms with Crippen LogP contribution in [0.25, 0.3) is 6.08 Å². The van der Waals surface area contributed by atoms with Crippen molar-refractivity contribution >= 4 is 34.5 Å².